The summed E-state index contributed by atoms with van der Waals surface area (Å²) in [5, 5.41) is 12.0. The lowest BCUT2D eigenvalue weighted by atomic mass is 10.1. The number of aliphatic carboxylic acids is 1. The highest BCUT2D eigenvalue weighted by molar-refractivity contribution is 7.90. The minimum absolute atomic E-state index is 0.260. The van der Waals surface area contributed by atoms with E-state index in [1.165, 1.54) is 28.5 Å². The van der Waals surface area contributed by atoms with Gasteiger partial charge in [0.15, 0.2) is 9.84 Å². The Hall–Kier alpha value is -3.89. The Balaban J connectivity index is 0.000000559. The Bertz CT molecular complexity index is 1720. The summed E-state index contributed by atoms with van der Waals surface area (Å²) < 4.78 is 84.1. The van der Waals surface area contributed by atoms with Crippen molar-refractivity contribution in [3.05, 3.63) is 81.9 Å². The van der Waals surface area contributed by atoms with Gasteiger partial charge in [0.25, 0.3) is 6.08 Å². The van der Waals surface area contributed by atoms with Crippen molar-refractivity contribution in [3.63, 3.8) is 0 Å². The third kappa shape index (κ3) is 7.61. The lowest BCUT2D eigenvalue weighted by Crippen LogP contribution is -2.27. The Morgan fingerprint density at radius 1 is 1.07 bits per heavy atom. The number of fused-ring (bicyclic) bond motifs is 1. The van der Waals surface area contributed by atoms with Crippen molar-refractivity contribution in [2.45, 2.75) is 24.2 Å². The predicted molar refractivity (Wildman–Crippen MR) is 138 cm³/mol. The molecule has 2 aromatic carbocycles. The van der Waals surface area contributed by atoms with E-state index in [2.05, 4.69) is 5.10 Å². The lowest BCUT2D eigenvalue weighted by molar-refractivity contribution is -0.192. The van der Waals surface area contributed by atoms with Gasteiger partial charge in [-0.3, -0.25) is 4.57 Å². The van der Waals surface area contributed by atoms with E-state index in [-0.39, 0.29) is 30.1 Å². The highest BCUT2D eigenvalue weighted by atomic mass is 32.2. The summed E-state index contributed by atoms with van der Waals surface area (Å²) in [6.07, 6.45) is -4.49. The van der Waals surface area contributed by atoms with Gasteiger partial charge in [0, 0.05) is 28.0 Å². The van der Waals surface area contributed by atoms with Gasteiger partial charge in [0.05, 0.1) is 18.0 Å². The molecule has 0 aliphatic heterocycles. The number of aromatic nitrogens is 3. The molecular formula is C24H21F5N4O5S2. The van der Waals surface area contributed by atoms with Crippen LogP contribution >= 0.6 is 11.3 Å². The van der Waals surface area contributed by atoms with Crippen molar-refractivity contribution >= 4 is 37.2 Å². The van der Waals surface area contributed by atoms with Crippen LogP contribution in [0.1, 0.15) is 4.88 Å². The number of sulfone groups is 1. The van der Waals surface area contributed by atoms with Gasteiger partial charge >= 0.3 is 17.8 Å². The fourth-order valence-corrected chi connectivity index (χ4v) is 5.11. The minimum atomic E-state index is -5.08. The summed E-state index contributed by atoms with van der Waals surface area (Å²) in [5.41, 5.74) is 6.32. The van der Waals surface area contributed by atoms with E-state index in [0.717, 1.165) is 30.8 Å². The quantitative estimate of drug-likeness (QED) is 0.303. The first-order valence-corrected chi connectivity index (χ1v) is 13.8. The van der Waals surface area contributed by atoms with Crippen molar-refractivity contribution in [2.75, 3.05) is 12.8 Å². The molecule has 4 rings (SSSR count). The van der Waals surface area contributed by atoms with Crippen LogP contribution in [0.15, 0.2) is 76.2 Å². The Morgan fingerprint density at radius 3 is 2.20 bits per heavy atom. The van der Waals surface area contributed by atoms with Crippen LogP contribution in [-0.4, -0.2) is 52.8 Å². The van der Waals surface area contributed by atoms with Gasteiger partial charge in [-0.2, -0.15) is 27.1 Å². The second-order valence-electron chi connectivity index (χ2n) is 8.33. The molecule has 4 aromatic rings. The van der Waals surface area contributed by atoms with E-state index in [9.17, 15) is 35.2 Å². The second kappa shape index (κ2) is 12.1. The molecule has 0 spiro atoms. The molecule has 0 fully saturated rings. The summed E-state index contributed by atoms with van der Waals surface area (Å²) >= 11 is 1.51. The minimum Gasteiger partial charge on any atom is -0.475 e. The third-order valence-electron chi connectivity index (χ3n) is 5.41. The van der Waals surface area contributed by atoms with E-state index in [1.54, 1.807) is 24.3 Å². The molecular weight excluding hydrogens is 583 g/mol. The molecule has 0 radical (unpaired) electrons. The van der Waals surface area contributed by atoms with E-state index >= 15 is 0 Å². The van der Waals surface area contributed by atoms with Gasteiger partial charge in [0.2, 0.25) is 0 Å². The third-order valence-corrected chi connectivity index (χ3v) is 7.62. The van der Waals surface area contributed by atoms with E-state index in [0.29, 0.717) is 0 Å². The number of hydrogen-bond acceptors (Lipinski definition) is 7. The van der Waals surface area contributed by atoms with Crippen LogP contribution in [-0.2, 0) is 27.7 Å². The Labute approximate surface area is 227 Å². The van der Waals surface area contributed by atoms with Crippen LogP contribution in [0.3, 0.4) is 0 Å². The fraction of sp³-hybridized carbons (Fsp3) is 0.208. The first-order valence-electron chi connectivity index (χ1n) is 11.1. The molecule has 3 N–H and O–H groups in total. The Kier molecular flexibility index (Phi) is 9.27. The van der Waals surface area contributed by atoms with E-state index in [4.69, 9.17) is 15.6 Å². The van der Waals surface area contributed by atoms with Crippen molar-refractivity contribution in [3.8, 4) is 11.1 Å². The van der Waals surface area contributed by atoms with Gasteiger partial charge < -0.3 is 10.8 Å². The number of nitrogens with zero attached hydrogens (tertiary/aromatic N) is 3. The Morgan fingerprint density at radius 2 is 1.68 bits per heavy atom. The topological polar surface area (TPSA) is 137 Å². The smallest absolute Gasteiger partial charge is 0.475 e. The molecule has 0 aliphatic rings. The lowest BCUT2D eigenvalue weighted by Gasteiger charge is -2.03. The molecule has 0 saturated carbocycles. The zero-order chi connectivity index (χ0) is 29.8. The monoisotopic (exact) mass is 604 g/mol. The molecule has 2 aromatic heterocycles. The molecule has 0 aliphatic carbocycles. The van der Waals surface area contributed by atoms with Crippen LogP contribution in [0, 0.1) is 0 Å². The van der Waals surface area contributed by atoms with Crippen LogP contribution < -0.4 is 11.4 Å². The number of carboxylic acid groups (broad SMARTS) is 1. The first kappa shape index (κ1) is 30.6. The first-order chi connectivity index (χ1) is 18.6. The number of carboxylic acids is 1. The molecule has 214 valence electrons. The van der Waals surface area contributed by atoms with Gasteiger partial charge in [-0.15, -0.1) is 11.3 Å². The number of alkyl halides is 3. The maximum atomic E-state index is 12.8. The molecule has 9 nitrogen and oxygen atoms in total. The molecule has 16 heteroatoms. The fourth-order valence-electron chi connectivity index (χ4n) is 3.38. The summed E-state index contributed by atoms with van der Waals surface area (Å²) in [4.78, 5) is 22.6. The molecule has 0 amide bonds. The predicted octanol–water partition coefficient (Wildman–Crippen LogP) is 4.12. The number of benzene rings is 2. The van der Waals surface area contributed by atoms with Crippen molar-refractivity contribution in [1.82, 2.24) is 14.3 Å². The largest absolute Gasteiger partial charge is 0.490 e. The van der Waals surface area contributed by atoms with E-state index < -0.39 is 33.8 Å². The average molecular weight is 605 g/mol. The van der Waals surface area contributed by atoms with Crippen molar-refractivity contribution < 1.29 is 40.3 Å². The number of nitrogens with two attached hydrogens (primary N) is 1. The summed E-state index contributed by atoms with van der Waals surface area (Å²) in [7, 11) is -3.26. The highest BCUT2D eigenvalue weighted by Crippen LogP contribution is 2.31. The number of rotatable bonds is 7. The SMILES string of the molecule is CS(=O)(=O)c1ccc(-c2ccc3cc(Cn4cnn(CC(CN)=C(F)F)c4=O)sc3c2)cc1.O=C(O)C(F)(F)F. The maximum absolute atomic E-state index is 12.8. The number of hydrogen-bond donors (Lipinski definition) is 2. The molecule has 2 heterocycles. The van der Waals surface area contributed by atoms with Crippen LogP contribution in [0.5, 0.6) is 0 Å². The highest BCUT2D eigenvalue weighted by Gasteiger charge is 2.38. The zero-order valence-corrected chi connectivity index (χ0v) is 22.2. The number of carbonyl (C=O) groups is 1. The van der Waals surface area contributed by atoms with Crippen molar-refractivity contribution in [2.24, 2.45) is 5.73 Å². The number of halogens is 5. The van der Waals surface area contributed by atoms with Gasteiger partial charge in [-0.1, -0.05) is 24.3 Å². The molecule has 0 saturated heterocycles. The molecule has 0 bridgehead atoms. The van der Waals surface area contributed by atoms with Gasteiger partial charge in [-0.05, 0) is 40.8 Å². The summed E-state index contributed by atoms with van der Waals surface area (Å²) in [6, 6.07) is 14.6. The summed E-state index contributed by atoms with van der Waals surface area (Å²) in [5.74, 6) is -2.76. The normalized spacial score (nSPS) is 11.7. The van der Waals surface area contributed by atoms with Crippen molar-refractivity contribution in [1.29, 1.82) is 0 Å². The van der Waals surface area contributed by atoms with Gasteiger partial charge in [0.1, 0.15) is 6.33 Å². The maximum Gasteiger partial charge on any atom is 0.490 e. The summed E-state index contributed by atoms with van der Waals surface area (Å²) in [6.45, 7) is -0.438. The van der Waals surface area contributed by atoms with E-state index in [1.807, 2.05) is 24.3 Å². The molecule has 40 heavy (non-hydrogen) atoms. The van der Waals surface area contributed by atoms with Gasteiger partial charge in [-0.25, -0.2) is 22.7 Å². The average Bonchev–Trinajstić information content (AvgIpc) is 3.43. The number of thiophene rings is 1. The zero-order valence-electron chi connectivity index (χ0n) is 20.5. The van der Waals surface area contributed by atoms with Crippen LogP contribution in [0.25, 0.3) is 21.2 Å². The second-order valence-corrected chi connectivity index (χ2v) is 11.5. The molecule has 0 unspecified atom stereocenters. The van der Waals surface area contributed by atoms with Crippen LogP contribution in [0.4, 0.5) is 22.0 Å². The standard InChI is InChI=1S/C22H20F2N4O3S2.C2HF3O2/c1-33(30,31)19-6-4-14(5-7-19)15-2-3-16-8-18(32-20(16)9-15)12-27-13-26-28(22(27)29)11-17(10-25)21(23)24;3-2(4,5)1(6)7/h2-9,13H,10-12,25H2,1H3;(H,6,7). The van der Waals surface area contributed by atoms with Crippen LogP contribution in [0.2, 0.25) is 0 Å². The molecule has 0 atom stereocenters.